The zero-order valence-corrected chi connectivity index (χ0v) is 7.89. The SMILES string of the molecule is NC(N)=NC[C@H](O)c1cc(O)cc(F)c1. The topological polar surface area (TPSA) is 105 Å². The summed E-state index contributed by atoms with van der Waals surface area (Å²) in [6.07, 6.45) is -1.05. The second-order valence-corrected chi connectivity index (χ2v) is 3.02. The van der Waals surface area contributed by atoms with Gasteiger partial charge in [0, 0.05) is 6.07 Å². The fourth-order valence-corrected chi connectivity index (χ4v) is 1.09. The first-order valence-corrected chi connectivity index (χ1v) is 4.22. The molecule has 0 bridgehead atoms. The number of halogens is 1. The van der Waals surface area contributed by atoms with Crippen molar-refractivity contribution in [3.8, 4) is 5.75 Å². The minimum Gasteiger partial charge on any atom is -0.508 e. The van der Waals surface area contributed by atoms with E-state index in [0.29, 0.717) is 0 Å². The van der Waals surface area contributed by atoms with E-state index in [1.54, 1.807) is 0 Å². The van der Waals surface area contributed by atoms with Crippen molar-refractivity contribution in [1.82, 2.24) is 0 Å². The minimum absolute atomic E-state index is 0.0781. The third kappa shape index (κ3) is 3.43. The van der Waals surface area contributed by atoms with E-state index in [4.69, 9.17) is 16.6 Å². The fourth-order valence-electron chi connectivity index (χ4n) is 1.09. The van der Waals surface area contributed by atoms with Crippen LogP contribution in [-0.4, -0.2) is 22.7 Å². The van der Waals surface area contributed by atoms with Crippen molar-refractivity contribution >= 4 is 5.96 Å². The minimum atomic E-state index is -1.05. The molecule has 0 saturated carbocycles. The largest absolute Gasteiger partial charge is 0.508 e. The lowest BCUT2D eigenvalue weighted by molar-refractivity contribution is 0.186. The Kier molecular flexibility index (Phi) is 3.46. The van der Waals surface area contributed by atoms with Crippen LogP contribution in [0.1, 0.15) is 11.7 Å². The van der Waals surface area contributed by atoms with Crippen LogP contribution in [-0.2, 0) is 0 Å². The normalized spacial score (nSPS) is 12.1. The first-order chi connectivity index (χ1) is 6.99. The number of hydrogen-bond donors (Lipinski definition) is 4. The summed E-state index contributed by atoms with van der Waals surface area (Å²) in [5.74, 6) is -1.04. The standard InChI is InChI=1S/C9H12FN3O2/c10-6-1-5(2-7(14)3-6)8(15)4-13-9(11)12/h1-3,8,14-15H,4H2,(H4,11,12,13)/t8-/m0/s1. The van der Waals surface area contributed by atoms with Gasteiger partial charge in [-0.3, -0.25) is 4.99 Å². The van der Waals surface area contributed by atoms with Crippen LogP contribution in [0.4, 0.5) is 4.39 Å². The molecule has 0 saturated heterocycles. The number of aliphatic hydroxyl groups is 1. The Labute approximate surface area is 85.9 Å². The summed E-state index contributed by atoms with van der Waals surface area (Å²) in [6, 6.07) is 3.29. The number of hydrogen-bond acceptors (Lipinski definition) is 3. The van der Waals surface area contributed by atoms with Gasteiger partial charge in [-0.15, -0.1) is 0 Å². The van der Waals surface area contributed by atoms with E-state index in [0.717, 1.165) is 12.1 Å². The summed E-state index contributed by atoms with van der Waals surface area (Å²) in [6.45, 7) is -0.0781. The molecule has 82 valence electrons. The second-order valence-electron chi connectivity index (χ2n) is 3.02. The maximum atomic E-state index is 12.8. The molecule has 0 aliphatic heterocycles. The van der Waals surface area contributed by atoms with E-state index in [-0.39, 0.29) is 23.8 Å². The number of aromatic hydroxyl groups is 1. The van der Waals surface area contributed by atoms with Gasteiger partial charge in [-0.1, -0.05) is 0 Å². The number of phenolic OH excluding ortho intramolecular Hbond substituents is 1. The molecular formula is C9H12FN3O2. The summed E-state index contributed by atoms with van der Waals surface area (Å²) >= 11 is 0. The molecule has 0 aliphatic rings. The average Bonchev–Trinajstić information content (AvgIpc) is 2.12. The molecule has 15 heavy (non-hydrogen) atoms. The predicted octanol–water partition coefficient (Wildman–Crippen LogP) is -0.162. The van der Waals surface area contributed by atoms with Gasteiger partial charge in [0.15, 0.2) is 5.96 Å². The molecule has 1 rings (SSSR count). The van der Waals surface area contributed by atoms with Crippen LogP contribution in [0.3, 0.4) is 0 Å². The number of benzene rings is 1. The summed E-state index contributed by atoms with van der Waals surface area (Å²) < 4.78 is 12.8. The van der Waals surface area contributed by atoms with E-state index in [1.807, 2.05) is 0 Å². The molecule has 0 aliphatic carbocycles. The number of aliphatic imine (C=N–C) groups is 1. The van der Waals surface area contributed by atoms with Crippen LogP contribution in [0.2, 0.25) is 0 Å². The Balaban J connectivity index is 2.81. The highest BCUT2D eigenvalue weighted by Gasteiger charge is 2.09. The number of guanidine groups is 1. The first-order valence-electron chi connectivity index (χ1n) is 4.22. The second kappa shape index (κ2) is 4.61. The zero-order valence-electron chi connectivity index (χ0n) is 7.89. The van der Waals surface area contributed by atoms with Gasteiger partial charge in [-0.25, -0.2) is 4.39 Å². The maximum absolute atomic E-state index is 12.8. The predicted molar refractivity (Wildman–Crippen MR) is 53.7 cm³/mol. The number of aliphatic hydroxyl groups excluding tert-OH is 1. The van der Waals surface area contributed by atoms with Crippen LogP contribution < -0.4 is 11.5 Å². The zero-order chi connectivity index (χ0) is 11.4. The van der Waals surface area contributed by atoms with Gasteiger partial charge in [0.25, 0.3) is 0 Å². The smallest absolute Gasteiger partial charge is 0.186 e. The lowest BCUT2D eigenvalue weighted by Gasteiger charge is -2.08. The van der Waals surface area contributed by atoms with Crippen LogP contribution in [0.25, 0.3) is 0 Å². The molecule has 0 heterocycles. The maximum Gasteiger partial charge on any atom is 0.186 e. The molecule has 0 radical (unpaired) electrons. The van der Waals surface area contributed by atoms with Crippen molar-refractivity contribution in [3.63, 3.8) is 0 Å². The highest BCUT2D eigenvalue weighted by Crippen LogP contribution is 2.20. The lowest BCUT2D eigenvalue weighted by Crippen LogP contribution is -2.23. The number of nitrogens with zero attached hydrogens (tertiary/aromatic N) is 1. The van der Waals surface area contributed by atoms with E-state index in [1.165, 1.54) is 6.07 Å². The lowest BCUT2D eigenvalue weighted by atomic mass is 10.1. The quantitative estimate of drug-likeness (QED) is 0.413. The van der Waals surface area contributed by atoms with Gasteiger partial charge in [0.05, 0.1) is 12.6 Å². The number of nitrogens with two attached hydrogens (primary N) is 2. The molecule has 0 unspecified atom stereocenters. The van der Waals surface area contributed by atoms with Gasteiger partial charge in [-0.05, 0) is 17.7 Å². The molecule has 0 fully saturated rings. The molecular weight excluding hydrogens is 201 g/mol. The summed E-state index contributed by atoms with van der Waals surface area (Å²) in [5.41, 5.74) is 10.4. The molecule has 0 amide bonds. The Hall–Kier alpha value is -1.82. The molecule has 1 aromatic carbocycles. The summed E-state index contributed by atoms with van der Waals surface area (Å²) in [4.78, 5) is 3.58. The van der Waals surface area contributed by atoms with E-state index in [9.17, 15) is 9.50 Å². The van der Waals surface area contributed by atoms with Gasteiger partial charge >= 0.3 is 0 Å². The summed E-state index contributed by atoms with van der Waals surface area (Å²) in [7, 11) is 0. The van der Waals surface area contributed by atoms with Crippen LogP contribution in [0.15, 0.2) is 23.2 Å². The van der Waals surface area contributed by atoms with Crippen LogP contribution >= 0.6 is 0 Å². The Morgan fingerprint density at radius 1 is 1.40 bits per heavy atom. The van der Waals surface area contributed by atoms with Crippen molar-refractivity contribution in [2.45, 2.75) is 6.10 Å². The average molecular weight is 213 g/mol. The highest BCUT2D eigenvalue weighted by molar-refractivity contribution is 5.75. The molecule has 1 atom stereocenters. The number of rotatable bonds is 3. The molecule has 1 aromatic rings. The van der Waals surface area contributed by atoms with Crippen molar-refractivity contribution in [3.05, 3.63) is 29.6 Å². The Morgan fingerprint density at radius 2 is 2.07 bits per heavy atom. The summed E-state index contributed by atoms with van der Waals surface area (Å²) in [5, 5.41) is 18.6. The van der Waals surface area contributed by atoms with E-state index >= 15 is 0 Å². The van der Waals surface area contributed by atoms with E-state index < -0.39 is 11.9 Å². The van der Waals surface area contributed by atoms with Crippen molar-refractivity contribution < 1.29 is 14.6 Å². The van der Waals surface area contributed by atoms with Gasteiger partial charge < -0.3 is 21.7 Å². The van der Waals surface area contributed by atoms with Crippen LogP contribution in [0.5, 0.6) is 5.75 Å². The highest BCUT2D eigenvalue weighted by atomic mass is 19.1. The van der Waals surface area contributed by atoms with Crippen LogP contribution in [0, 0.1) is 5.82 Å². The van der Waals surface area contributed by atoms with Gasteiger partial charge in [-0.2, -0.15) is 0 Å². The fraction of sp³-hybridized carbons (Fsp3) is 0.222. The Morgan fingerprint density at radius 3 is 2.60 bits per heavy atom. The number of phenols is 1. The third-order valence-corrected chi connectivity index (χ3v) is 1.74. The van der Waals surface area contributed by atoms with Gasteiger partial charge in [0.2, 0.25) is 0 Å². The van der Waals surface area contributed by atoms with Crippen molar-refractivity contribution in [2.75, 3.05) is 6.54 Å². The molecule has 6 heteroatoms. The molecule has 5 nitrogen and oxygen atoms in total. The third-order valence-electron chi connectivity index (χ3n) is 1.74. The van der Waals surface area contributed by atoms with E-state index in [2.05, 4.69) is 4.99 Å². The first kappa shape index (κ1) is 11.3. The molecule has 6 N–H and O–H groups in total. The monoisotopic (exact) mass is 213 g/mol. The molecule has 0 aromatic heterocycles. The van der Waals surface area contributed by atoms with Gasteiger partial charge in [0.1, 0.15) is 11.6 Å². The van der Waals surface area contributed by atoms with Crippen molar-refractivity contribution in [2.24, 2.45) is 16.5 Å². The molecule has 0 spiro atoms. The Bertz CT molecular complexity index is 357. The van der Waals surface area contributed by atoms with Crippen molar-refractivity contribution in [1.29, 1.82) is 0 Å².